The molecule has 2 heteroatoms. The molecule has 0 heterocycles. The Kier molecular flexibility index (Phi) is 21.7. The van der Waals surface area contributed by atoms with E-state index in [9.17, 15) is 0 Å². The number of rotatable bonds is 4. The van der Waals surface area contributed by atoms with Crippen LogP contribution in [0.25, 0.3) is 0 Å². The predicted octanol–water partition coefficient (Wildman–Crippen LogP) is 3.00. The van der Waals surface area contributed by atoms with Crippen LogP contribution in [-0.4, -0.2) is 16.1 Å². The van der Waals surface area contributed by atoms with Gasteiger partial charge < -0.3 is 5.11 Å². The SMILES string of the molecule is CCCCI.CCCCO. The zero-order valence-corrected chi connectivity index (χ0v) is 9.23. The summed E-state index contributed by atoms with van der Waals surface area (Å²) in [5.41, 5.74) is 0. The van der Waals surface area contributed by atoms with Crippen LogP contribution in [0, 0.1) is 0 Å². The third-order valence-corrected chi connectivity index (χ3v) is 1.76. The third-order valence-electron chi connectivity index (χ3n) is 0.999. The predicted molar refractivity (Wildman–Crippen MR) is 55.8 cm³/mol. The lowest BCUT2D eigenvalue weighted by Gasteiger charge is -1.79. The van der Waals surface area contributed by atoms with Crippen molar-refractivity contribution >= 4 is 22.6 Å². The molecule has 0 fully saturated rings. The number of aliphatic hydroxyl groups excluding tert-OH is 1. The first-order chi connectivity index (χ1) is 4.83. The van der Waals surface area contributed by atoms with Crippen LogP contribution in [-0.2, 0) is 0 Å². The fourth-order valence-electron chi connectivity index (χ4n) is 0.292. The van der Waals surface area contributed by atoms with Crippen LogP contribution in [0.15, 0.2) is 0 Å². The first-order valence-electron chi connectivity index (χ1n) is 4.00. The number of unbranched alkanes of at least 4 members (excludes halogenated alkanes) is 2. The Morgan fingerprint density at radius 2 is 1.60 bits per heavy atom. The first kappa shape index (κ1) is 13.3. The summed E-state index contributed by atoms with van der Waals surface area (Å²) in [6.45, 7) is 4.60. The molecule has 0 atom stereocenters. The molecule has 1 N–H and O–H groups in total. The maximum Gasteiger partial charge on any atom is 0.0430 e. The molecule has 0 spiro atoms. The van der Waals surface area contributed by atoms with Crippen molar-refractivity contribution in [1.29, 1.82) is 0 Å². The molecular formula is C8H19IO. The highest BCUT2D eigenvalue weighted by Gasteiger charge is 1.70. The second-order valence-electron chi connectivity index (χ2n) is 2.12. The minimum atomic E-state index is 0.344. The van der Waals surface area contributed by atoms with Crippen LogP contribution in [0.5, 0.6) is 0 Å². The van der Waals surface area contributed by atoms with Crippen LogP contribution in [0.3, 0.4) is 0 Å². The molecule has 0 bridgehead atoms. The zero-order valence-electron chi connectivity index (χ0n) is 7.07. The Balaban J connectivity index is 0. The molecule has 64 valence electrons. The minimum Gasteiger partial charge on any atom is -0.396 e. The van der Waals surface area contributed by atoms with Gasteiger partial charge in [-0.15, -0.1) is 0 Å². The van der Waals surface area contributed by atoms with Crippen molar-refractivity contribution in [2.75, 3.05) is 11.0 Å². The summed E-state index contributed by atoms with van der Waals surface area (Å²) < 4.78 is 1.31. The van der Waals surface area contributed by atoms with E-state index in [1.807, 2.05) is 0 Å². The van der Waals surface area contributed by atoms with Gasteiger partial charge in [-0.25, -0.2) is 0 Å². The molecule has 0 aromatic heterocycles. The summed E-state index contributed by atoms with van der Waals surface area (Å²) in [6.07, 6.45) is 4.75. The number of hydrogen-bond donors (Lipinski definition) is 1. The topological polar surface area (TPSA) is 20.2 Å². The van der Waals surface area contributed by atoms with E-state index in [0.717, 1.165) is 12.8 Å². The van der Waals surface area contributed by atoms with Gasteiger partial charge in [0.2, 0.25) is 0 Å². The van der Waals surface area contributed by atoms with Crippen LogP contribution in [0.2, 0.25) is 0 Å². The summed E-state index contributed by atoms with van der Waals surface area (Å²) in [7, 11) is 0. The highest BCUT2D eigenvalue weighted by molar-refractivity contribution is 14.1. The molecular weight excluding hydrogens is 239 g/mol. The molecule has 1 nitrogen and oxygen atoms in total. The molecule has 0 rings (SSSR count). The fourth-order valence-corrected chi connectivity index (χ4v) is 1.05. The molecule has 0 aromatic rings. The normalized spacial score (nSPS) is 8.40. The van der Waals surface area contributed by atoms with Gasteiger partial charge in [-0.3, -0.25) is 0 Å². The molecule has 0 saturated carbocycles. The molecule has 0 unspecified atom stereocenters. The summed E-state index contributed by atoms with van der Waals surface area (Å²) >= 11 is 2.39. The molecule has 0 radical (unpaired) electrons. The smallest absolute Gasteiger partial charge is 0.0430 e. The minimum absolute atomic E-state index is 0.344. The van der Waals surface area contributed by atoms with E-state index in [-0.39, 0.29) is 0 Å². The van der Waals surface area contributed by atoms with Crippen molar-refractivity contribution in [2.45, 2.75) is 39.5 Å². The second kappa shape index (κ2) is 16.3. The maximum absolute atomic E-state index is 8.07. The van der Waals surface area contributed by atoms with Crippen molar-refractivity contribution in [1.82, 2.24) is 0 Å². The molecule has 10 heavy (non-hydrogen) atoms. The lowest BCUT2D eigenvalue weighted by Crippen LogP contribution is -1.75. The van der Waals surface area contributed by atoms with Gasteiger partial charge in [0.15, 0.2) is 0 Å². The van der Waals surface area contributed by atoms with Crippen molar-refractivity contribution in [3.63, 3.8) is 0 Å². The number of alkyl halides is 1. The van der Waals surface area contributed by atoms with E-state index in [1.165, 1.54) is 17.3 Å². The fraction of sp³-hybridized carbons (Fsp3) is 1.00. The molecule has 0 saturated heterocycles. The van der Waals surface area contributed by atoms with Crippen LogP contribution in [0.1, 0.15) is 39.5 Å². The van der Waals surface area contributed by atoms with E-state index in [1.54, 1.807) is 0 Å². The van der Waals surface area contributed by atoms with Gasteiger partial charge in [0, 0.05) is 6.61 Å². The van der Waals surface area contributed by atoms with Gasteiger partial charge in [-0.05, 0) is 17.3 Å². The van der Waals surface area contributed by atoms with Gasteiger partial charge >= 0.3 is 0 Å². The Morgan fingerprint density at radius 1 is 1.10 bits per heavy atom. The van der Waals surface area contributed by atoms with Crippen molar-refractivity contribution < 1.29 is 5.11 Å². The zero-order chi connectivity index (χ0) is 8.24. The average molecular weight is 258 g/mol. The maximum atomic E-state index is 8.07. The Labute approximate surface area is 78.4 Å². The number of halogens is 1. The lowest BCUT2D eigenvalue weighted by atomic mass is 10.4. The Bertz CT molecular complexity index is 30.2. The summed E-state index contributed by atoms with van der Waals surface area (Å²) in [4.78, 5) is 0. The Morgan fingerprint density at radius 3 is 1.60 bits per heavy atom. The Hall–Kier alpha value is 0.690. The molecule has 0 aliphatic rings. The highest BCUT2D eigenvalue weighted by atomic mass is 127. The standard InChI is InChI=1S/C4H9I.C4H10O/c2*1-2-3-4-5/h2-4H2,1H3;5H,2-4H2,1H3. The summed E-state index contributed by atoms with van der Waals surface area (Å²) in [5, 5.41) is 8.07. The van der Waals surface area contributed by atoms with Crippen molar-refractivity contribution in [3.8, 4) is 0 Å². The molecule has 0 amide bonds. The summed E-state index contributed by atoms with van der Waals surface area (Å²) in [5.74, 6) is 0. The van der Waals surface area contributed by atoms with E-state index < -0.39 is 0 Å². The van der Waals surface area contributed by atoms with Crippen LogP contribution >= 0.6 is 22.6 Å². The molecule has 0 aliphatic carbocycles. The van der Waals surface area contributed by atoms with Gasteiger partial charge in [-0.2, -0.15) is 0 Å². The van der Waals surface area contributed by atoms with Crippen molar-refractivity contribution in [3.05, 3.63) is 0 Å². The van der Waals surface area contributed by atoms with Gasteiger partial charge in [0.05, 0.1) is 0 Å². The van der Waals surface area contributed by atoms with Crippen molar-refractivity contribution in [2.24, 2.45) is 0 Å². The van der Waals surface area contributed by atoms with E-state index >= 15 is 0 Å². The van der Waals surface area contributed by atoms with Gasteiger partial charge in [-0.1, -0.05) is 49.3 Å². The third kappa shape index (κ3) is 23.4. The average Bonchev–Trinajstić information content (AvgIpc) is 1.93. The van der Waals surface area contributed by atoms with E-state index in [0.29, 0.717) is 6.61 Å². The van der Waals surface area contributed by atoms with E-state index in [2.05, 4.69) is 36.4 Å². The number of hydrogen-bond acceptors (Lipinski definition) is 1. The quantitative estimate of drug-likeness (QED) is 0.607. The molecule has 0 aromatic carbocycles. The second-order valence-corrected chi connectivity index (χ2v) is 3.20. The number of aliphatic hydroxyl groups is 1. The molecule has 0 aliphatic heterocycles. The highest BCUT2D eigenvalue weighted by Crippen LogP contribution is 1.90. The van der Waals surface area contributed by atoms with E-state index in [4.69, 9.17) is 5.11 Å². The van der Waals surface area contributed by atoms with Crippen LogP contribution < -0.4 is 0 Å². The monoisotopic (exact) mass is 258 g/mol. The van der Waals surface area contributed by atoms with Crippen LogP contribution in [0.4, 0.5) is 0 Å². The van der Waals surface area contributed by atoms with Gasteiger partial charge in [0.25, 0.3) is 0 Å². The lowest BCUT2D eigenvalue weighted by molar-refractivity contribution is 0.287. The van der Waals surface area contributed by atoms with Gasteiger partial charge in [0.1, 0.15) is 0 Å². The largest absolute Gasteiger partial charge is 0.396 e. The first-order valence-corrected chi connectivity index (χ1v) is 5.52. The summed E-state index contributed by atoms with van der Waals surface area (Å²) in [6, 6.07) is 0.